The summed E-state index contributed by atoms with van der Waals surface area (Å²) >= 11 is 0. The van der Waals surface area contributed by atoms with Crippen molar-refractivity contribution in [2.45, 2.75) is 69.1 Å². The topological polar surface area (TPSA) is 166 Å². The van der Waals surface area contributed by atoms with Crippen LogP contribution in [-0.2, 0) is 9.59 Å². The Morgan fingerprint density at radius 1 is 0.839 bits per heavy atom. The number of halogens is 1. The van der Waals surface area contributed by atoms with E-state index in [1.54, 1.807) is 16.8 Å². The van der Waals surface area contributed by atoms with E-state index in [9.17, 15) is 19.2 Å². The molecule has 4 unspecified atom stereocenters. The number of aromatic nitrogens is 4. The number of carbonyl (C=O) groups excluding carboxylic acids is 4. The SMILES string of the molecule is Nc1ncnc2c1c(-c1ccc(Oc3ccccc3)cc1)nn2C1CCC(CN2CCC(c3ccc4c(c3)C(=O)N(C3CCC(=O)NC3=O)C4=O)CC2)CC1F. The number of carbonyl (C=O) groups is 4. The Hall–Kier alpha value is -6.02. The van der Waals surface area contributed by atoms with Gasteiger partial charge in [0.05, 0.1) is 22.6 Å². The minimum Gasteiger partial charge on any atom is -0.457 e. The minimum absolute atomic E-state index is 0.0803. The van der Waals surface area contributed by atoms with Gasteiger partial charge in [0.1, 0.15) is 41.6 Å². The van der Waals surface area contributed by atoms with Gasteiger partial charge < -0.3 is 15.4 Å². The molecule has 286 valence electrons. The van der Waals surface area contributed by atoms with Crippen molar-refractivity contribution in [3.63, 3.8) is 0 Å². The molecule has 3 fully saturated rings. The number of para-hydroxylation sites is 1. The van der Waals surface area contributed by atoms with Crippen LogP contribution in [0, 0.1) is 5.92 Å². The monoisotopic (exact) mass is 756 g/mol. The molecule has 56 heavy (non-hydrogen) atoms. The van der Waals surface area contributed by atoms with E-state index in [0.717, 1.165) is 60.7 Å². The quantitative estimate of drug-likeness (QED) is 0.184. The van der Waals surface area contributed by atoms with E-state index in [-0.39, 0.29) is 30.2 Å². The molecule has 0 radical (unpaired) electrons. The largest absolute Gasteiger partial charge is 0.457 e. The molecule has 9 rings (SSSR count). The number of fused-ring (bicyclic) bond motifs is 2. The molecule has 0 bridgehead atoms. The third-order valence-electron chi connectivity index (χ3n) is 11.8. The zero-order valence-electron chi connectivity index (χ0n) is 30.6. The van der Waals surface area contributed by atoms with Gasteiger partial charge in [0.25, 0.3) is 11.8 Å². The summed E-state index contributed by atoms with van der Waals surface area (Å²) in [5.74, 6) is 0.0933. The summed E-state index contributed by atoms with van der Waals surface area (Å²) in [7, 11) is 0. The lowest BCUT2D eigenvalue weighted by Crippen LogP contribution is -2.54. The van der Waals surface area contributed by atoms with E-state index in [4.69, 9.17) is 15.6 Å². The maximum absolute atomic E-state index is 16.2. The lowest BCUT2D eigenvalue weighted by Gasteiger charge is -2.38. The summed E-state index contributed by atoms with van der Waals surface area (Å²) in [5.41, 5.74) is 9.89. The Balaban J connectivity index is 0.827. The van der Waals surface area contributed by atoms with Crippen LogP contribution in [0.25, 0.3) is 22.3 Å². The summed E-state index contributed by atoms with van der Waals surface area (Å²) in [6.45, 7) is 2.48. The number of piperidine rings is 2. The number of nitrogen functional groups attached to an aromatic ring is 1. The van der Waals surface area contributed by atoms with E-state index in [1.165, 1.54) is 6.33 Å². The molecule has 5 aromatic rings. The highest BCUT2D eigenvalue weighted by atomic mass is 19.1. The molecule has 4 atom stereocenters. The number of nitrogens with zero attached hydrogens (tertiary/aromatic N) is 6. The zero-order chi connectivity index (χ0) is 38.5. The van der Waals surface area contributed by atoms with Gasteiger partial charge in [0.2, 0.25) is 11.8 Å². The van der Waals surface area contributed by atoms with Crippen LogP contribution >= 0.6 is 0 Å². The second kappa shape index (κ2) is 14.6. The normalized spacial score (nSPS) is 23.4. The number of imide groups is 2. The number of likely N-dealkylation sites (tertiary alicyclic amines) is 1. The van der Waals surface area contributed by atoms with Crippen LogP contribution in [0.3, 0.4) is 0 Å². The predicted octanol–water partition coefficient (Wildman–Crippen LogP) is 5.83. The second-order valence-electron chi connectivity index (χ2n) is 15.3. The van der Waals surface area contributed by atoms with Crippen LogP contribution in [0.2, 0.25) is 0 Å². The highest BCUT2D eigenvalue weighted by molar-refractivity contribution is 6.23. The van der Waals surface area contributed by atoms with Crippen molar-refractivity contribution in [2.24, 2.45) is 5.92 Å². The Kier molecular flexibility index (Phi) is 9.28. The molecule has 2 aromatic heterocycles. The van der Waals surface area contributed by atoms with E-state index in [0.29, 0.717) is 46.7 Å². The Labute approximate surface area is 322 Å². The van der Waals surface area contributed by atoms with Crippen molar-refractivity contribution >= 4 is 40.5 Å². The van der Waals surface area contributed by atoms with Crippen LogP contribution in [0.1, 0.15) is 83.2 Å². The van der Waals surface area contributed by atoms with Crippen molar-refractivity contribution in [1.29, 1.82) is 0 Å². The molecular weight excluding hydrogens is 716 g/mol. The van der Waals surface area contributed by atoms with Gasteiger partial charge in [-0.2, -0.15) is 5.10 Å². The van der Waals surface area contributed by atoms with Crippen molar-refractivity contribution in [2.75, 3.05) is 25.4 Å². The van der Waals surface area contributed by atoms with E-state index >= 15 is 4.39 Å². The second-order valence-corrected chi connectivity index (χ2v) is 15.3. The summed E-state index contributed by atoms with van der Waals surface area (Å²) < 4.78 is 23.9. The molecule has 1 aliphatic carbocycles. The fraction of sp³-hybridized carbons (Fsp3) is 0.357. The van der Waals surface area contributed by atoms with E-state index < -0.39 is 41.9 Å². The lowest BCUT2D eigenvalue weighted by molar-refractivity contribution is -0.136. The summed E-state index contributed by atoms with van der Waals surface area (Å²) in [6.07, 6.45) is 4.10. The average molecular weight is 757 g/mol. The van der Waals surface area contributed by atoms with Crippen molar-refractivity contribution in [1.82, 2.24) is 34.9 Å². The van der Waals surface area contributed by atoms with Gasteiger partial charge >= 0.3 is 0 Å². The van der Waals surface area contributed by atoms with Gasteiger partial charge in [-0.1, -0.05) is 24.3 Å². The van der Waals surface area contributed by atoms with Crippen molar-refractivity contribution < 1.29 is 28.3 Å². The third-order valence-corrected chi connectivity index (χ3v) is 11.8. The molecule has 1 saturated carbocycles. The highest BCUT2D eigenvalue weighted by Crippen LogP contribution is 2.41. The van der Waals surface area contributed by atoms with Crippen LogP contribution < -0.4 is 15.8 Å². The first kappa shape index (κ1) is 35.7. The Bertz CT molecular complexity index is 2340. The molecule has 3 aromatic carbocycles. The van der Waals surface area contributed by atoms with Gasteiger partial charge in [-0.15, -0.1) is 0 Å². The summed E-state index contributed by atoms with van der Waals surface area (Å²) in [6, 6.07) is 21.0. The maximum Gasteiger partial charge on any atom is 0.262 e. The molecule has 4 aliphatic rings. The number of nitrogens with two attached hydrogens (primary N) is 1. The van der Waals surface area contributed by atoms with Crippen LogP contribution in [0.15, 0.2) is 79.1 Å². The molecule has 2 saturated heterocycles. The average Bonchev–Trinajstić information content (AvgIpc) is 3.71. The van der Waals surface area contributed by atoms with Crippen LogP contribution in [-0.4, -0.2) is 85.0 Å². The number of ether oxygens (including phenoxy) is 1. The molecule has 4 amide bonds. The van der Waals surface area contributed by atoms with Gasteiger partial charge in [0.15, 0.2) is 5.65 Å². The van der Waals surface area contributed by atoms with Gasteiger partial charge in [-0.05, 0) is 118 Å². The standard InChI is InChI=1S/C42H41FN8O5/c43-32-20-24(22-49-18-16-25(17-19-49)27-9-12-30-31(21-27)42(55)50(41(30)54)34-14-15-35(52)47-40(34)53)6-13-33(32)51-39-36(38(44)45-23-46-39)37(48-51)26-7-10-29(11-8-26)56-28-4-2-1-3-5-28/h1-5,7-12,21,23-25,32-34H,6,13-20,22H2,(H2,44,45,46)(H,47,52,53). The highest BCUT2D eigenvalue weighted by Gasteiger charge is 2.45. The number of hydrogen-bond donors (Lipinski definition) is 2. The fourth-order valence-corrected chi connectivity index (χ4v) is 8.91. The maximum atomic E-state index is 16.2. The Morgan fingerprint density at radius 2 is 1.59 bits per heavy atom. The van der Waals surface area contributed by atoms with Gasteiger partial charge in [0, 0.05) is 18.5 Å². The molecule has 14 heteroatoms. The first-order chi connectivity index (χ1) is 27.2. The van der Waals surface area contributed by atoms with E-state index in [2.05, 4.69) is 20.2 Å². The number of nitrogens with one attached hydrogen (secondary N) is 1. The van der Waals surface area contributed by atoms with Crippen molar-refractivity contribution in [3.8, 4) is 22.8 Å². The lowest BCUT2D eigenvalue weighted by atomic mass is 9.83. The number of benzene rings is 3. The molecule has 3 aliphatic heterocycles. The molecule has 0 spiro atoms. The smallest absolute Gasteiger partial charge is 0.262 e. The summed E-state index contributed by atoms with van der Waals surface area (Å²) in [4.78, 5) is 62.8. The number of hydrogen-bond acceptors (Lipinski definition) is 10. The Morgan fingerprint density at radius 3 is 2.34 bits per heavy atom. The summed E-state index contributed by atoms with van der Waals surface area (Å²) in [5, 5.41) is 7.76. The van der Waals surface area contributed by atoms with Crippen molar-refractivity contribution in [3.05, 3.63) is 95.8 Å². The van der Waals surface area contributed by atoms with Crippen LogP contribution in [0.5, 0.6) is 11.5 Å². The minimum atomic E-state index is -1.12. The first-order valence-electron chi connectivity index (χ1n) is 19.3. The number of rotatable bonds is 8. The molecule has 3 N–H and O–H groups in total. The molecule has 5 heterocycles. The number of alkyl halides is 1. The third kappa shape index (κ3) is 6.57. The van der Waals surface area contributed by atoms with Gasteiger partial charge in [-0.3, -0.25) is 29.4 Å². The zero-order valence-corrected chi connectivity index (χ0v) is 30.6. The van der Waals surface area contributed by atoms with E-state index in [1.807, 2.05) is 60.7 Å². The molecule has 13 nitrogen and oxygen atoms in total. The number of anilines is 1. The predicted molar refractivity (Wildman–Crippen MR) is 204 cm³/mol. The number of amides is 4. The first-order valence-corrected chi connectivity index (χ1v) is 19.3. The fourth-order valence-electron chi connectivity index (χ4n) is 8.91. The molecular formula is C42H41FN8O5. The van der Waals surface area contributed by atoms with Gasteiger partial charge in [-0.25, -0.2) is 19.0 Å². The van der Waals surface area contributed by atoms with Crippen LogP contribution in [0.4, 0.5) is 10.2 Å².